The van der Waals surface area contributed by atoms with Gasteiger partial charge in [-0.3, -0.25) is 4.79 Å². The van der Waals surface area contributed by atoms with E-state index in [1.54, 1.807) is 0 Å². The molecule has 0 spiro atoms. The molecule has 2 saturated heterocycles. The molecule has 2 aliphatic heterocycles. The van der Waals surface area contributed by atoms with Crippen molar-refractivity contribution < 1.29 is 14.3 Å². The fourth-order valence-electron chi connectivity index (χ4n) is 3.78. The summed E-state index contributed by atoms with van der Waals surface area (Å²) in [5, 5.41) is 0. The zero-order valence-corrected chi connectivity index (χ0v) is 12.1. The minimum Gasteiger partial charge on any atom is -0.376 e. The number of hydrogen-bond acceptors (Lipinski definition) is 4. The van der Waals surface area contributed by atoms with E-state index in [2.05, 4.69) is 0 Å². The van der Waals surface area contributed by atoms with Gasteiger partial charge in [-0.25, -0.2) is 0 Å². The normalized spacial score (nSPS) is 37.1. The largest absolute Gasteiger partial charge is 0.376 e. The molecule has 2 N–H and O–H groups in total. The maximum absolute atomic E-state index is 12.2. The number of hydrogen-bond donors (Lipinski definition) is 1. The van der Waals surface area contributed by atoms with Gasteiger partial charge in [-0.05, 0) is 43.9 Å². The van der Waals surface area contributed by atoms with Crippen molar-refractivity contribution in [2.24, 2.45) is 17.6 Å². The van der Waals surface area contributed by atoms with Crippen molar-refractivity contribution in [2.75, 3.05) is 32.9 Å². The van der Waals surface area contributed by atoms with Crippen LogP contribution < -0.4 is 5.73 Å². The van der Waals surface area contributed by atoms with Gasteiger partial charge in [0, 0.05) is 25.7 Å². The number of rotatable bonds is 4. The van der Waals surface area contributed by atoms with E-state index in [-0.39, 0.29) is 18.6 Å². The van der Waals surface area contributed by atoms with Gasteiger partial charge >= 0.3 is 0 Å². The van der Waals surface area contributed by atoms with Crippen LogP contribution in [0.2, 0.25) is 0 Å². The van der Waals surface area contributed by atoms with E-state index >= 15 is 0 Å². The maximum Gasteiger partial charge on any atom is 0.248 e. The minimum absolute atomic E-state index is 0.115. The van der Waals surface area contributed by atoms with E-state index in [0.29, 0.717) is 24.5 Å². The van der Waals surface area contributed by atoms with Crippen LogP contribution in [0.25, 0.3) is 0 Å². The topological polar surface area (TPSA) is 64.8 Å². The lowest BCUT2D eigenvalue weighted by molar-refractivity contribution is -0.140. The molecule has 3 fully saturated rings. The van der Waals surface area contributed by atoms with Crippen molar-refractivity contribution in [1.82, 2.24) is 4.90 Å². The molecule has 0 aromatic heterocycles. The highest BCUT2D eigenvalue weighted by atomic mass is 16.5. The molecule has 5 heteroatoms. The van der Waals surface area contributed by atoms with Gasteiger partial charge in [-0.1, -0.05) is 0 Å². The lowest BCUT2D eigenvalue weighted by atomic mass is 9.93. The summed E-state index contributed by atoms with van der Waals surface area (Å²) >= 11 is 0. The van der Waals surface area contributed by atoms with Crippen LogP contribution in [0.15, 0.2) is 0 Å². The molecule has 114 valence electrons. The van der Waals surface area contributed by atoms with Gasteiger partial charge in [0.2, 0.25) is 5.91 Å². The summed E-state index contributed by atoms with van der Waals surface area (Å²) in [5.41, 5.74) is 6.16. The van der Waals surface area contributed by atoms with Crippen molar-refractivity contribution >= 4 is 5.91 Å². The Balaban J connectivity index is 1.39. The van der Waals surface area contributed by atoms with Crippen molar-refractivity contribution in [3.63, 3.8) is 0 Å². The molecule has 0 aromatic carbocycles. The second-order valence-electron chi connectivity index (χ2n) is 6.48. The first-order valence-electron chi connectivity index (χ1n) is 7.96. The molecule has 4 atom stereocenters. The number of amides is 1. The SMILES string of the molecule is NC1[C@@H]2CC[C@H]1CN(C(=O)COCC1CCCCO1)C2. The number of fused-ring (bicyclic) bond motifs is 2. The standard InChI is InChI=1S/C15H26N2O3/c16-15-11-4-5-12(15)8-17(7-11)14(18)10-19-9-13-3-1-2-6-20-13/h11-13,15H,1-10,16H2/t11-,12+,13?,15?. The molecular formula is C15H26N2O3. The summed E-state index contributed by atoms with van der Waals surface area (Å²) in [6, 6.07) is 0.301. The molecule has 3 rings (SSSR count). The third-order valence-electron chi connectivity index (χ3n) is 5.06. The molecular weight excluding hydrogens is 256 g/mol. The second-order valence-corrected chi connectivity index (χ2v) is 6.48. The third-order valence-corrected chi connectivity index (χ3v) is 5.06. The average molecular weight is 282 g/mol. The molecule has 2 bridgehead atoms. The Morgan fingerprint density at radius 1 is 1.20 bits per heavy atom. The second kappa shape index (κ2) is 6.41. The van der Waals surface area contributed by atoms with Crippen LogP contribution in [0.1, 0.15) is 32.1 Å². The number of carbonyl (C=O) groups is 1. The highest BCUT2D eigenvalue weighted by molar-refractivity contribution is 5.77. The average Bonchev–Trinajstić information content (AvgIpc) is 2.69. The van der Waals surface area contributed by atoms with Crippen LogP contribution >= 0.6 is 0 Å². The molecule has 0 radical (unpaired) electrons. The first kappa shape index (κ1) is 14.3. The zero-order chi connectivity index (χ0) is 13.9. The van der Waals surface area contributed by atoms with Crippen molar-refractivity contribution in [3.8, 4) is 0 Å². The first-order chi connectivity index (χ1) is 9.74. The van der Waals surface area contributed by atoms with Crippen molar-refractivity contribution in [3.05, 3.63) is 0 Å². The predicted molar refractivity (Wildman–Crippen MR) is 75.2 cm³/mol. The van der Waals surface area contributed by atoms with E-state index in [4.69, 9.17) is 15.2 Å². The summed E-state index contributed by atoms with van der Waals surface area (Å²) in [7, 11) is 0. The van der Waals surface area contributed by atoms with Crippen molar-refractivity contribution in [1.29, 1.82) is 0 Å². The summed E-state index contributed by atoms with van der Waals surface area (Å²) in [6.45, 7) is 3.20. The van der Waals surface area contributed by atoms with Crippen LogP contribution in [-0.2, 0) is 14.3 Å². The number of ether oxygens (including phenoxy) is 2. The van der Waals surface area contributed by atoms with E-state index in [9.17, 15) is 4.79 Å². The Bertz CT molecular complexity index is 330. The maximum atomic E-state index is 12.2. The highest BCUT2D eigenvalue weighted by Gasteiger charge is 2.41. The monoisotopic (exact) mass is 282 g/mol. The van der Waals surface area contributed by atoms with Gasteiger partial charge < -0.3 is 20.1 Å². The number of nitrogens with zero attached hydrogens (tertiary/aromatic N) is 1. The van der Waals surface area contributed by atoms with Gasteiger partial charge in [0.05, 0.1) is 12.7 Å². The Hall–Kier alpha value is -0.650. The molecule has 0 aromatic rings. The number of piperidine rings is 1. The van der Waals surface area contributed by atoms with Crippen LogP contribution in [0, 0.1) is 11.8 Å². The molecule has 1 amide bonds. The summed E-state index contributed by atoms with van der Waals surface area (Å²) in [4.78, 5) is 14.1. The van der Waals surface area contributed by atoms with E-state index in [1.165, 1.54) is 19.3 Å². The van der Waals surface area contributed by atoms with Gasteiger partial charge in [-0.15, -0.1) is 0 Å². The van der Waals surface area contributed by atoms with Gasteiger partial charge in [0.1, 0.15) is 6.61 Å². The van der Waals surface area contributed by atoms with Gasteiger partial charge in [-0.2, -0.15) is 0 Å². The summed E-state index contributed by atoms with van der Waals surface area (Å²) < 4.78 is 11.2. The van der Waals surface area contributed by atoms with Crippen LogP contribution in [-0.4, -0.2) is 55.9 Å². The van der Waals surface area contributed by atoms with Crippen LogP contribution in [0.3, 0.4) is 0 Å². The number of carbonyl (C=O) groups excluding carboxylic acids is 1. The smallest absolute Gasteiger partial charge is 0.248 e. The quantitative estimate of drug-likeness (QED) is 0.827. The van der Waals surface area contributed by atoms with Crippen molar-refractivity contribution in [2.45, 2.75) is 44.2 Å². The fraction of sp³-hybridized carbons (Fsp3) is 0.933. The molecule has 1 saturated carbocycles. The Labute approximate surface area is 120 Å². The molecule has 3 aliphatic rings. The molecule has 2 unspecified atom stereocenters. The summed E-state index contributed by atoms with van der Waals surface area (Å²) in [5.74, 6) is 1.11. The summed E-state index contributed by atoms with van der Waals surface area (Å²) in [6.07, 6.45) is 5.93. The molecule has 5 nitrogen and oxygen atoms in total. The highest BCUT2D eigenvalue weighted by Crippen LogP contribution is 2.35. The van der Waals surface area contributed by atoms with E-state index < -0.39 is 0 Å². The first-order valence-corrected chi connectivity index (χ1v) is 7.96. The Kier molecular flexibility index (Phi) is 4.58. The Morgan fingerprint density at radius 3 is 2.60 bits per heavy atom. The van der Waals surface area contributed by atoms with Crippen LogP contribution in [0.5, 0.6) is 0 Å². The zero-order valence-electron chi connectivity index (χ0n) is 12.1. The van der Waals surface area contributed by atoms with E-state index in [0.717, 1.165) is 32.5 Å². The van der Waals surface area contributed by atoms with Gasteiger partial charge in [0.25, 0.3) is 0 Å². The lowest BCUT2D eigenvalue weighted by Crippen LogP contribution is -2.51. The minimum atomic E-state index is 0.115. The fourth-order valence-corrected chi connectivity index (χ4v) is 3.78. The van der Waals surface area contributed by atoms with Gasteiger partial charge in [0.15, 0.2) is 0 Å². The number of nitrogens with two attached hydrogens (primary N) is 1. The molecule has 1 aliphatic carbocycles. The number of likely N-dealkylation sites (tertiary alicyclic amines) is 1. The van der Waals surface area contributed by atoms with E-state index in [1.807, 2.05) is 4.90 Å². The predicted octanol–water partition coefficient (Wildman–Crippen LogP) is 0.768. The third kappa shape index (κ3) is 3.15. The lowest BCUT2D eigenvalue weighted by Gasteiger charge is -2.36. The Morgan fingerprint density at radius 2 is 1.95 bits per heavy atom. The molecule has 20 heavy (non-hydrogen) atoms. The van der Waals surface area contributed by atoms with Crippen LogP contribution in [0.4, 0.5) is 0 Å². The molecule has 2 heterocycles.